The molecule has 0 atom stereocenters. The van der Waals surface area contributed by atoms with E-state index in [2.05, 4.69) is 39.2 Å². The molecule has 0 bridgehead atoms. The van der Waals surface area contributed by atoms with E-state index in [1.807, 2.05) is 0 Å². The zero-order valence-corrected chi connectivity index (χ0v) is 11.4. The fraction of sp³-hybridized carbons (Fsp3) is 0.846. The van der Waals surface area contributed by atoms with Crippen LogP contribution >= 0.6 is 0 Å². The van der Waals surface area contributed by atoms with Gasteiger partial charge in [0.25, 0.3) is 0 Å². The fourth-order valence-electron chi connectivity index (χ4n) is 2.27. The summed E-state index contributed by atoms with van der Waals surface area (Å²) in [6.45, 7) is 9.08. The van der Waals surface area contributed by atoms with Crippen molar-refractivity contribution in [2.75, 3.05) is 0 Å². The molecule has 1 heteroatoms. The second-order valence-electron chi connectivity index (χ2n) is 4.19. The van der Waals surface area contributed by atoms with E-state index in [4.69, 9.17) is 0 Å². The van der Waals surface area contributed by atoms with Gasteiger partial charge in [0.2, 0.25) is 0 Å². The molecule has 0 saturated heterocycles. The van der Waals surface area contributed by atoms with Gasteiger partial charge >= 0.3 is 0 Å². The molecule has 0 aromatic rings. The smallest absolute Gasteiger partial charge is 0.131 e. The third-order valence-electron chi connectivity index (χ3n) is 2.72. The van der Waals surface area contributed by atoms with Crippen molar-refractivity contribution in [1.82, 2.24) is 0 Å². The first-order chi connectivity index (χ1) is 6.74. The van der Waals surface area contributed by atoms with Crippen LogP contribution in [0.1, 0.15) is 53.4 Å². The van der Waals surface area contributed by atoms with Gasteiger partial charge in [-0.05, 0) is 18.1 Å². The zero-order chi connectivity index (χ0) is 10.9. The van der Waals surface area contributed by atoms with Crippen molar-refractivity contribution >= 4 is 8.07 Å². The van der Waals surface area contributed by atoms with E-state index in [1.165, 1.54) is 37.4 Å². The van der Waals surface area contributed by atoms with Gasteiger partial charge in [-0.15, -0.1) is 11.5 Å². The van der Waals surface area contributed by atoms with Gasteiger partial charge in [-0.1, -0.05) is 47.0 Å². The SMILES string of the molecule is CCC#C[Si](CCC)(CCC)CCC. The van der Waals surface area contributed by atoms with Crippen LogP contribution in [0.25, 0.3) is 0 Å². The Bertz CT molecular complexity index is 168. The number of hydrogen-bond donors (Lipinski definition) is 0. The standard InChI is InChI=1S/C13H26Si/c1-5-9-13-14(10-6-2,11-7-3)12-8-4/h5-8,10-12H2,1-4H3. The zero-order valence-electron chi connectivity index (χ0n) is 10.4. The van der Waals surface area contributed by atoms with Crippen LogP contribution in [-0.2, 0) is 0 Å². The highest BCUT2D eigenvalue weighted by Gasteiger charge is 2.27. The summed E-state index contributed by atoms with van der Waals surface area (Å²) < 4.78 is 0. The van der Waals surface area contributed by atoms with Crippen molar-refractivity contribution in [3.63, 3.8) is 0 Å². The van der Waals surface area contributed by atoms with Crippen LogP contribution in [-0.4, -0.2) is 8.07 Å². The Morgan fingerprint density at radius 1 is 0.786 bits per heavy atom. The van der Waals surface area contributed by atoms with Gasteiger partial charge in [-0.2, -0.15) is 0 Å². The van der Waals surface area contributed by atoms with Gasteiger partial charge in [-0.25, -0.2) is 0 Å². The fourth-order valence-corrected chi connectivity index (χ4v) is 6.82. The minimum atomic E-state index is -1.18. The topological polar surface area (TPSA) is 0 Å². The molecule has 0 unspecified atom stereocenters. The predicted octanol–water partition coefficient (Wildman–Crippen LogP) is 4.62. The maximum Gasteiger partial charge on any atom is 0.138 e. The lowest BCUT2D eigenvalue weighted by atomic mass is 10.5. The lowest BCUT2D eigenvalue weighted by molar-refractivity contribution is 0.940. The van der Waals surface area contributed by atoms with E-state index in [0.717, 1.165) is 6.42 Å². The lowest BCUT2D eigenvalue weighted by Gasteiger charge is -2.24. The monoisotopic (exact) mass is 210 g/mol. The maximum atomic E-state index is 3.67. The first-order valence-electron chi connectivity index (χ1n) is 6.24. The van der Waals surface area contributed by atoms with Gasteiger partial charge in [0.15, 0.2) is 0 Å². The molecule has 0 radical (unpaired) electrons. The van der Waals surface area contributed by atoms with Crippen molar-refractivity contribution in [2.24, 2.45) is 0 Å². The molecule has 0 aliphatic rings. The Kier molecular flexibility index (Phi) is 7.99. The van der Waals surface area contributed by atoms with Crippen LogP contribution in [0.15, 0.2) is 0 Å². The molecule has 0 rings (SSSR count). The van der Waals surface area contributed by atoms with E-state index < -0.39 is 8.07 Å². The van der Waals surface area contributed by atoms with Crippen LogP contribution in [0.3, 0.4) is 0 Å². The maximum absolute atomic E-state index is 3.67. The van der Waals surface area contributed by atoms with Crippen LogP contribution in [0, 0.1) is 11.5 Å². The average Bonchev–Trinajstić information content (AvgIpc) is 2.16. The highest BCUT2D eigenvalue weighted by atomic mass is 28.3. The quantitative estimate of drug-likeness (QED) is 0.443. The molecule has 14 heavy (non-hydrogen) atoms. The van der Waals surface area contributed by atoms with Crippen LogP contribution in [0.4, 0.5) is 0 Å². The number of hydrogen-bond acceptors (Lipinski definition) is 0. The molecule has 0 N–H and O–H groups in total. The predicted molar refractivity (Wildman–Crippen MR) is 69.1 cm³/mol. The van der Waals surface area contributed by atoms with Crippen molar-refractivity contribution < 1.29 is 0 Å². The van der Waals surface area contributed by atoms with Gasteiger partial charge in [0.1, 0.15) is 8.07 Å². The van der Waals surface area contributed by atoms with Crippen molar-refractivity contribution in [3.05, 3.63) is 0 Å². The highest BCUT2D eigenvalue weighted by Crippen LogP contribution is 2.25. The molecular formula is C13H26Si. The molecule has 82 valence electrons. The van der Waals surface area contributed by atoms with Gasteiger partial charge in [-0.3, -0.25) is 0 Å². The van der Waals surface area contributed by atoms with Crippen molar-refractivity contribution in [2.45, 2.75) is 71.5 Å². The Labute approximate surface area is 91.5 Å². The first kappa shape index (κ1) is 13.8. The molecule has 0 aromatic heterocycles. The van der Waals surface area contributed by atoms with Gasteiger partial charge < -0.3 is 0 Å². The third kappa shape index (κ3) is 4.86. The first-order valence-corrected chi connectivity index (χ1v) is 8.86. The van der Waals surface area contributed by atoms with E-state index in [-0.39, 0.29) is 0 Å². The molecule has 0 aliphatic carbocycles. The molecule has 0 aromatic carbocycles. The summed E-state index contributed by atoms with van der Waals surface area (Å²) in [5.41, 5.74) is 3.67. The summed E-state index contributed by atoms with van der Waals surface area (Å²) in [7, 11) is -1.18. The second kappa shape index (κ2) is 8.12. The van der Waals surface area contributed by atoms with E-state index in [1.54, 1.807) is 0 Å². The van der Waals surface area contributed by atoms with Gasteiger partial charge in [0.05, 0.1) is 0 Å². The Balaban J connectivity index is 4.54. The van der Waals surface area contributed by atoms with Crippen LogP contribution in [0.5, 0.6) is 0 Å². The molecule has 0 amide bonds. The van der Waals surface area contributed by atoms with Gasteiger partial charge in [0, 0.05) is 6.42 Å². The Morgan fingerprint density at radius 2 is 1.21 bits per heavy atom. The van der Waals surface area contributed by atoms with Crippen molar-refractivity contribution in [3.8, 4) is 11.5 Å². The van der Waals surface area contributed by atoms with Crippen LogP contribution < -0.4 is 0 Å². The summed E-state index contributed by atoms with van der Waals surface area (Å²) in [6, 6.07) is 4.26. The minimum absolute atomic E-state index is 1.03. The molecule has 0 fully saturated rings. The van der Waals surface area contributed by atoms with E-state index in [0.29, 0.717) is 0 Å². The summed E-state index contributed by atoms with van der Waals surface area (Å²) in [5, 5.41) is 0. The van der Waals surface area contributed by atoms with E-state index in [9.17, 15) is 0 Å². The third-order valence-corrected chi connectivity index (χ3v) is 7.79. The largest absolute Gasteiger partial charge is 0.138 e. The summed E-state index contributed by atoms with van der Waals surface area (Å²) >= 11 is 0. The molecule has 0 spiro atoms. The highest BCUT2D eigenvalue weighted by molar-refractivity contribution is 6.87. The normalized spacial score (nSPS) is 10.9. The average molecular weight is 210 g/mol. The molecule has 0 heterocycles. The molecule has 0 saturated carbocycles. The minimum Gasteiger partial charge on any atom is -0.131 e. The van der Waals surface area contributed by atoms with E-state index >= 15 is 0 Å². The Hall–Kier alpha value is -0.223. The summed E-state index contributed by atoms with van der Waals surface area (Å²) in [4.78, 5) is 0. The number of rotatable bonds is 6. The van der Waals surface area contributed by atoms with Crippen molar-refractivity contribution in [1.29, 1.82) is 0 Å². The molecule has 0 aliphatic heterocycles. The summed E-state index contributed by atoms with van der Waals surface area (Å²) in [5.74, 6) is 3.36. The Morgan fingerprint density at radius 3 is 1.50 bits per heavy atom. The van der Waals surface area contributed by atoms with Crippen LogP contribution in [0.2, 0.25) is 18.1 Å². The second-order valence-corrected chi connectivity index (χ2v) is 8.50. The lowest BCUT2D eigenvalue weighted by Crippen LogP contribution is -2.32. The molecule has 0 nitrogen and oxygen atoms in total. The summed E-state index contributed by atoms with van der Waals surface area (Å²) in [6.07, 6.45) is 5.01. The molecular weight excluding hydrogens is 184 g/mol.